The summed E-state index contributed by atoms with van der Waals surface area (Å²) in [6.07, 6.45) is 2.37. The molecule has 0 bridgehead atoms. The van der Waals surface area contributed by atoms with Crippen molar-refractivity contribution in [2.45, 2.75) is 31.9 Å². The first-order valence-electron chi connectivity index (χ1n) is 5.68. The lowest BCUT2D eigenvalue weighted by Crippen LogP contribution is -2.34. The minimum absolute atomic E-state index is 0.0543. The van der Waals surface area contributed by atoms with Crippen LogP contribution >= 0.6 is 11.6 Å². The van der Waals surface area contributed by atoms with Crippen molar-refractivity contribution in [1.82, 2.24) is 5.32 Å². The topological polar surface area (TPSA) is 21.3 Å². The molecule has 1 heterocycles. The maximum atomic E-state index is 6.09. The Morgan fingerprint density at radius 2 is 2.31 bits per heavy atom. The zero-order chi connectivity index (χ0) is 11.6. The summed E-state index contributed by atoms with van der Waals surface area (Å²) in [5.74, 6) is 0. The third-order valence-corrected chi connectivity index (χ3v) is 3.57. The molecule has 0 aromatic heterocycles. The van der Waals surface area contributed by atoms with Gasteiger partial charge in [0.1, 0.15) is 0 Å². The second-order valence-electron chi connectivity index (χ2n) is 4.60. The first kappa shape index (κ1) is 11.9. The molecule has 2 rings (SSSR count). The van der Waals surface area contributed by atoms with E-state index in [-0.39, 0.29) is 5.54 Å². The molecule has 1 saturated heterocycles. The van der Waals surface area contributed by atoms with Crippen molar-refractivity contribution >= 4 is 11.6 Å². The fraction of sp³-hybridized carbons (Fsp3) is 0.538. The van der Waals surface area contributed by atoms with Crippen molar-refractivity contribution in [3.8, 4) is 0 Å². The minimum atomic E-state index is 0.0543. The SMILES string of the molecule is COCc1ccc(Cl)cc1C1(C)CCCN1. The van der Waals surface area contributed by atoms with Gasteiger partial charge in [-0.1, -0.05) is 17.7 Å². The van der Waals surface area contributed by atoms with E-state index in [1.54, 1.807) is 7.11 Å². The summed E-state index contributed by atoms with van der Waals surface area (Å²) in [5, 5.41) is 4.36. The van der Waals surface area contributed by atoms with Gasteiger partial charge in [0, 0.05) is 17.7 Å². The lowest BCUT2D eigenvalue weighted by atomic mass is 9.87. The highest BCUT2D eigenvalue weighted by atomic mass is 35.5. The second kappa shape index (κ2) is 4.74. The highest BCUT2D eigenvalue weighted by Gasteiger charge is 2.31. The third kappa shape index (κ3) is 2.24. The van der Waals surface area contributed by atoms with Gasteiger partial charge in [0.25, 0.3) is 0 Å². The second-order valence-corrected chi connectivity index (χ2v) is 5.03. The lowest BCUT2D eigenvalue weighted by Gasteiger charge is -2.28. The Balaban J connectivity index is 2.40. The predicted molar refractivity (Wildman–Crippen MR) is 66.8 cm³/mol. The van der Waals surface area contributed by atoms with E-state index in [0.717, 1.165) is 18.0 Å². The van der Waals surface area contributed by atoms with E-state index in [4.69, 9.17) is 16.3 Å². The van der Waals surface area contributed by atoms with E-state index in [9.17, 15) is 0 Å². The van der Waals surface area contributed by atoms with Gasteiger partial charge in [-0.2, -0.15) is 0 Å². The van der Waals surface area contributed by atoms with E-state index in [2.05, 4.69) is 24.4 Å². The van der Waals surface area contributed by atoms with Crippen LogP contribution in [0, 0.1) is 0 Å². The van der Waals surface area contributed by atoms with E-state index in [0.29, 0.717) is 6.61 Å². The number of ether oxygens (including phenoxy) is 1. The summed E-state index contributed by atoms with van der Waals surface area (Å²) in [4.78, 5) is 0. The monoisotopic (exact) mass is 239 g/mol. The van der Waals surface area contributed by atoms with E-state index < -0.39 is 0 Å². The number of hydrogen-bond acceptors (Lipinski definition) is 2. The molecule has 0 amide bonds. The maximum Gasteiger partial charge on any atom is 0.0716 e. The average molecular weight is 240 g/mol. The van der Waals surface area contributed by atoms with Crippen LogP contribution in [-0.4, -0.2) is 13.7 Å². The average Bonchev–Trinajstić information content (AvgIpc) is 2.69. The molecule has 1 N–H and O–H groups in total. The predicted octanol–water partition coefficient (Wildman–Crippen LogP) is 3.09. The highest BCUT2D eigenvalue weighted by molar-refractivity contribution is 6.30. The fourth-order valence-electron chi connectivity index (χ4n) is 2.47. The summed E-state index contributed by atoms with van der Waals surface area (Å²) < 4.78 is 5.24. The third-order valence-electron chi connectivity index (χ3n) is 3.33. The molecule has 1 atom stereocenters. The standard InChI is InChI=1S/C13H18ClNO/c1-13(6-3-7-15-13)12-8-11(14)5-4-10(12)9-16-2/h4-5,8,15H,3,6-7,9H2,1-2H3. The smallest absolute Gasteiger partial charge is 0.0716 e. The van der Waals surface area contributed by atoms with E-state index in [1.165, 1.54) is 17.5 Å². The zero-order valence-electron chi connectivity index (χ0n) is 9.85. The van der Waals surface area contributed by atoms with Crippen molar-refractivity contribution in [3.05, 3.63) is 34.3 Å². The lowest BCUT2D eigenvalue weighted by molar-refractivity contribution is 0.182. The maximum absolute atomic E-state index is 6.09. The van der Waals surface area contributed by atoms with Crippen LogP contribution in [0.15, 0.2) is 18.2 Å². The molecule has 0 saturated carbocycles. The van der Waals surface area contributed by atoms with Gasteiger partial charge in [-0.05, 0) is 49.6 Å². The molecule has 3 heteroatoms. The quantitative estimate of drug-likeness (QED) is 0.875. The first-order valence-corrected chi connectivity index (χ1v) is 6.06. The number of methoxy groups -OCH3 is 1. The van der Waals surface area contributed by atoms with Gasteiger partial charge in [0.2, 0.25) is 0 Å². The molecule has 1 unspecified atom stereocenters. The van der Waals surface area contributed by atoms with Gasteiger partial charge < -0.3 is 10.1 Å². The van der Waals surface area contributed by atoms with Gasteiger partial charge >= 0.3 is 0 Å². The van der Waals surface area contributed by atoms with E-state index in [1.807, 2.05) is 6.07 Å². The first-order chi connectivity index (χ1) is 7.65. The number of benzene rings is 1. The summed E-state index contributed by atoms with van der Waals surface area (Å²) in [7, 11) is 1.72. The molecule has 1 aliphatic heterocycles. The summed E-state index contributed by atoms with van der Waals surface area (Å²) in [6.45, 7) is 3.96. The Morgan fingerprint density at radius 1 is 1.50 bits per heavy atom. The van der Waals surface area contributed by atoms with Crippen LogP contribution in [0.3, 0.4) is 0 Å². The van der Waals surface area contributed by atoms with Crippen LogP contribution in [0.2, 0.25) is 5.02 Å². The van der Waals surface area contributed by atoms with Gasteiger partial charge in [-0.15, -0.1) is 0 Å². The molecule has 0 radical (unpaired) electrons. The fourth-order valence-corrected chi connectivity index (χ4v) is 2.64. The van der Waals surface area contributed by atoms with Crippen LogP contribution in [-0.2, 0) is 16.9 Å². The largest absolute Gasteiger partial charge is 0.380 e. The van der Waals surface area contributed by atoms with Gasteiger partial charge in [-0.25, -0.2) is 0 Å². The number of hydrogen-bond donors (Lipinski definition) is 1. The number of rotatable bonds is 3. The van der Waals surface area contributed by atoms with Crippen molar-refractivity contribution in [1.29, 1.82) is 0 Å². The molecule has 2 nitrogen and oxygen atoms in total. The molecule has 1 aromatic rings. The highest BCUT2D eigenvalue weighted by Crippen LogP contribution is 2.34. The number of nitrogens with one attached hydrogen (secondary N) is 1. The van der Waals surface area contributed by atoms with Crippen molar-refractivity contribution in [3.63, 3.8) is 0 Å². The Morgan fingerprint density at radius 3 is 2.94 bits per heavy atom. The Kier molecular flexibility index (Phi) is 3.53. The van der Waals surface area contributed by atoms with Crippen LogP contribution in [0.1, 0.15) is 30.9 Å². The Hall–Kier alpha value is -0.570. The molecule has 88 valence electrons. The van der Waals surface area contributed by atoms with Gasteiger partial charge in [0.15, 0.2) is 0 Å². The molecular weight excluding hydrogens is 222 g/mol. The molecule has 0 spiro atoms. The zero-order valence-corrected chi connectivity index (χ0v) is 10.6. The van der Waals surface area contributed by atoms with Crippen LogP contribution in [0.25, 0.3) is 0 Å². The van der Waals surface area contributed by atoms with Crippen molar-refractivity contribution < 1.29 is 4.74 Å². The Labute approximate surface area is 102 Å². The van der Waals surface area contributed by atoms with Crippen LogP contribution in [0.4, 0.5) is 0 Å². The number of halogens is 1. The molecular formula is C13H18ClNO. The van der Waals surface area contributed by atoms with Gasteiger partial charge in [0.05, 0.1) is 6.61 Å². The normalized spacial score (nSPS) is 24.9. The molecule has 0 aliphatic carbocycles. The van der Waals surface area contributed by atoms with Crippen molar-refractivity contribution in [2.75, 3.05) is 13.7 Å². The molecule has 1 aromatic carbocycles. The van der Waals surface area contributed by atoms with Crippen LogP contribution < -0.4 is 5.32 Å². The Bertz CT molecular complexity index is 372. The molecule has 1 fully saturated rings. The summed E-state index contributed by atoms with van der Waals surface area (Å²) >= 11 is 6.09. The molecule has 1 aliphatic rings. The van der Waals surface area contributed by atoms with Gasteiger partial charge in [-0.3, -0.25) is 0 Å². The van der Waals surface area contributed by atoms with Crippen molar-refractivity contribution in [2.24, 2.45) is 0 Å². The molecule has 16 heavy (non-hydrogen) atoms. The summed E-state index contributed by atoms with van der Waals surface area (Å²) in [5.41, 5.74) is 2.56. The van der Waals surface area contributed by atoms with E-state index >= 15 is 0 Å². The minimum Gasteiger partial charge on any atom is -0.380 e. The van der Waals surface area contributed by atoms with Crippen LogP contribution in [0.5, 0.6) is 0 Å². The summed E-state index contributed by atoms with van der Waals surface area (Å²) in [6, 6.07) is 6.05.